The van der Waals surface area contributed by atoms with Gasteiger partial charge in [-0.15, -0.1) is 0 Å². The topological polar surface area (TPSA) is 12.0 Å². The first kappa shape index (κ1) is 13.5. The highest BCUT2D eigenvalue weighted by molar-refractivity contribution is 6.30. The molecule has 0 aliphatic heterocycles. The molecule has 0 saturated heterocycles. The van der Waals surface area contributed by atoms with E-state index in [4.69, 9.17) is 11.6 Å². The Bertz CT molecular complexity index is 348. The molecule has 0 aromatic heterocycles. The maximum absolute atomic E-state index is 14.0. The highest BCUT2D eigenvalue weighted by Gasteiger charge is 2.31. The number of halogens is 2. The third kappa shape index (κ3) is 2.38. The van der Waals surface area contributed by atoms with E-state index in [-0.39, 0.29) is 16.3 Å². The second-order valence-electron chi connectivity index (χ2n) is 4.12. The normalized spacial score (nSPS) is 11.8. The maximum atomic E-state index is 14.0. The van der Waals surface area contributed by atoms with Gasteiger partial charge in [-0.3, -0.25) is 0 Å². The molecule has 0 aliphatic rings. The summed E-state index contributed by atoms with van der Waals surface area (Å²) in [6.45, 7) is 4.93. The first-order valence-corrected chi connectivity index (χ1v) is 6.08. The van der Waals surface area contributed by atoms with Crippen molar-refractivity contribution in [1.82, 2.24) is 5.32 Å². The zero-order chi connectivity index (χ0) is 12.2. The van der Waals surface area contributed by atoms with Crippen molar-refractivity contribution in [2.45, 2.75) is 32.1 Å². The lowest BCUT2D eigenvalue weighted by Gasteiger charge is -2.32. The number of hydrogen-bond acceptors (Lipinski definition) is 1. The highest BCUT2D eigenvalue weighted by atomic mass is 35.5. The van der Waals surface area contributed by atoms with Crippen molar-refractivity contribution in [3.8, 4) is 0 Å². The first-order chi connectivity index (χ1) is 7.61. The van der Waals surface area contributed by atoms with Gasteiger partial charge in [-0.25, -0.2) is 4.39 Å². The van der Waals surface area contributed by atoms with Gasteiger partial charge < -0.3 is 5.32 Å². The Balaban J connectivity index is 3.25. The van der Waals surface area contributed by atoms with Gasteiger partial charge in [-0.2, -0.15) is 0 Å². The maximum Gasteiger partial charge on any atom is 0.145 e. The van der Waals surface area contributed by atoms with Crippen molar-refractivity contribution in [3.05, 3.63) is 34.6 Å². The molecule has 0 aliphatic carbocycles. The minimum atomic E-state index is -0.275. The van der Waals surface area contributed by atoms with Crippen molar-refractivity contribution in [2.24, 2.45) is 0 Å². The van der Waals surface area contributed by atoms with E-state index < -0.39 is 0 Å². The van der Waals surface area contributed by atoms with E-state index in [0.717, 1.165) is 24.9 Å². The van der Waals surface area contributed by atoms with Crippen molar-refractivity contribution < 1.29 is 4.39 Å². The third-order valence-electron chi connectivity index (χ3n) is 3.39. The molecule has 1 aromatic carbocycles. The smallest absolute Gasteiger partial charge is 0.145 e. The van der Waals surface area contributed by atoms with Crippen LogP contribution in [0, 0.1) is 5.82 Å². The Hall–Kier alpha value is -0.600. The average Bonchev–Trinajstić information content (AvgIpc) is 2.30. The van der Waals surface area contributed by atoms with Crippen LogP contribution in [0.15, 0.2) is 18.2 Å². The minimum Gasteiger partial charge on any atom is -0.319 e. The molecule has 0 heterocycles. The standard InChI is InChI=1S/C13H19ClFN/c1-4-13(5-2,9-16-3)10-7-6-8-11(14)12(10)15/h6-8,16H,4-5,9H2,1-3H3. The fourth-order valence-corrected chi connectivity index (χ4v) is 2.40. The van der Waals surface area contributed by atoms with Gasteiger partial charge in [0.25, 0.3) is 0 Å². The van der Waals surface area contributed by atoms with Gasteiger partial charge in [0, 0.05) is 12.0 Å². The lowest BCUT2D eigenvalue weighted by molar-refractivity contribution is 0.364. The molecule has 0 spiro atoms. The van der Waals surface area contributed by atoms with E-state index in [1.807, 2.05) is 19.2 Å². The van der Waals surface area contributed by atoms with Crippen LogP contribution in [0.2, 0.25) is 5.02 Å². The molecule has 0 unspecified atom stereocenters. The summed E-state index contributed by atoms with van der Waals surface area (Å²) >= 11 is 5.84. The van der Waals surface area contributed by atoms with Crippen LogP contribution in [0.4, 0.5) is 4.39 Å². The Morgan fingerprint density at radius 2 is 1.94 bits per heavy atom. The molecule has 3 heteroatoms. The van der Waals surface area contributed by atoms with Gasteiger partial charge in [0.1, 0.15) is 5.82 Å². The Morgan fingerprint density at radius 3 is 2.44 bits per heavy atom. The van der Waals surface area contributed by atoms with Crippen LogP contribution in [0.25, 0.3) is 0 Å². The summed E-state index contributed by atoms with van der Waals surface area (Å²) in [6, 6.07) is 5.25. The van der Waals surface area contributed by atoms with Crippen LogP contribution in [0.1, 0.15) is 32.3 Å². The number of nitrogens with one attached hydrogen (secondary N) is 1. The molecule has 16 heavy (non-hydrogen) atoms. The van der Waals surface area contributed by atoms with Crippen LogP contribution in [0.3, 0.4) is 0 Å². The monoisotopic (exact) mass is 243 g/mol. The van der Waals surface area contributed by atoms with Gasteiger partial charge in [0.2, 0.25) is 0 Å². The second-order valence-corrected chi connectivity index (χ2v) is 4.53. The van der Waals surface area contributed by atoms with Gasteiger partial charge in [-0.1, -0.05) is 37.6 Å². The van der Waals surface area contributed by atoms with Gasteiger partial charge in [0.15, 0.2) is 0 Å². The van der Waals surface area contributed by atoms with Crippen molar-refractivity contribution in [2.75, 3.05) is 13.6 Å². The molecule has 0 atom stereocenters. The van der Waals surface area contributed by atoms with Crippen LogP contribution in [-0.4, -0.2) is 13.6 Å². The van der Waals surface area contributed by atoms with E-state index in [1.54, 1.807) is 6.07 Å². The van der Waals surface area contributed by atoms with Crippen LogP contribution in [-0.2, 0) is 5.41 Å². The molecule has 0 fully saturated rings. The molecule has 1 nitrogen and oxygen atoms in total. The molecular formula is C13H19ClFN. The van der Waals surface area contributed by atoms with E-state index in [1.165, 1.54) is 0 Å². The summed E-state index contributed by atoms with van der Waals surface area (Å²) in [7, 11) is 1.89. The van der Waals surface area contributed by atoms with E-state index in [9.17, 15) is 4.39 Å². The lowest BCUT2D eigenvalue weighted by Crippen LogP contribution is -2.36. The summed E-state index contributed by atoms with van der Waals surface area (Å²) in [4.78, 5) is 0. The number of benzene rings is 1. The zero-order valence-electron chi connectivity index (χ0n) is 10.1. The quantitative estimate of drug-likeness (QED) is 0.831. The van der Waals surface area contributed by atoms with Gasteiger partial charge >= 0.3 is 0 Å². The molecule has 1 aromatic rings. The fourth-order valence-electron chi connectivity index (χ4n) is 2.23. The lowest BCUT2D eigenvalue weighted by atomic mass is 9.75. The van der Waals surface area contributed by atoms with Crippen molar-refractivity contribution in [1.29, 1.82) is 0 Å². The molecule has 0 amide bonds. The first-order valence-electron chi connectivity index (χ1n) is 5.70. The second kappa shape index (κ2) is 5.65. The largest absolute Gasteiger partial charge is 0.319 e. The minimum absolute atomic E-state index is 0.163. The van der Waals surface area contributed by atoms with E-state index in [0.29, 0.717) is 0 Å². The Labute approximate surface area is 102 Å². The van der Waals surface area contributed by atoms with Gasteiger partial charge in [0.05, 0.1) is 5.02 Å². The fraction of sp³-hybridized carbons (Fsp3) is 0.538. The molecule has 1 N–H and O–H groups in total. The Kier molecular flexibility index (Phi) is 4.75. The van der Waals surface area contributed by atoms with E-state index in [2.05, 4.69) is 19.2 Å². The molecule has 0 radical (unpaired) electrons. The van der Waals surface area contributed by atoms with Crippen LogP contribution in [0.5, 0.6) is 0 Å². The molecule has 1 rings (SSSR count). The van der Waals surface area contributed by atoms with Crippen molar-refractivity contribution >= 4 is 11.6 Å². The summed E-state index contributed by atoms with van der Waals surface area (Å²) in [5.41, 5.74) is 0.559. The van der Waals surface area contributed by atoms with Crippen LogP contribution < -0.4 is 5.32 Å². The summed E-state index contributed by atoms with van der Waals surface area (Å²) < 4.78 is 14.0. The van der Waals surface area contributed by atoms with E-state index >= 15 is 0 Å². The number of likely N-dealkylation sites (N-methyl/N-ethyl adjacent to an activating group) is 1. The molecular weight excluding hydrogens is 225 g/mol. The van der Waals surface area contributed by atoms with Crippen molar-refractivity contribution in [3.63, 3.8) is 0 Å². The summed E-state index contributed by atoms with van der Waals surface area (Å²) in [5, 5.41) is 3.35. The molecule has 90 valence electrons. The predicted molar refractivity (Wildman–Crippen MR) is 67.6 cm³/mol. The SMILES string of the molecule is CCC(CC)(CNC)c1cccc(Cl)c1F. The summed E-state index contributed by atoms with van der Waals surface area (Å²) in [6.07, 6.45) is 1.78. The average molecular weight is 244 g/mol. The predicted octanol–water partition coefficient (Wildman–Crippen LogP) is 3.76. The highest BCUT2D eigenvalue weighted by Crippen LogP contribution is 2.34. The third-order valence-corrected chi connectivity index (χ3v) is 3.68. The number of hydrogen-bond donors (Lipinski definition) is 1. The number of rotatable bonds is 5. The molecule has 0 bridgehead atoms. The van der Waals surface area contributed by atoms with Crippen LogP contribution >= 0.6 is 11.6 Å². The zero-order valence-corrected chi connectivity index (χ0v) is 10.9. The summed E-state index contributed by atoms with van der Waals surface area (Å²) in [5.74, 6) is -0.275. The van der Waals surface area contributed by atoms with Gasteiger partial charge in [-0.05, 0) is 31.5 Å². The molecule has 0 saturated carbocycles. The Morgan fingerprint density at radius 1 is 1.31 bits per heavy atom.